The molecule has 0 amide bonds. The van der Waals surface area contributed by atoms with Crippen LogP contribution in [0.25, 0.3) is 0 Å². The van der Waals surface area contributed by atoms with E-state index in [-0.39, 0.29) is 5.56 Å². The third-order valence-electron chi connectivity index (χ3n) is 2.00. The maximum atomic E-state index is 10.7. The Morgan fingerprint density at radius 3 is 2.73 bits per heavy atom. The molecule has 1 aromatic rings. The molecule has 0 aliphatic carbocycles. The van der Waals surface area contributed by atoms with Crippen molar-refractivity contribution in [2.24, 2.45) is 5.92 Å². The van der Waals surface area contributed by atoms with Crippen molar-refractivity contribution in [3.05, 3.63) is 23.8 Å². The number of carboxylic acid groups (broad SMARTS) is 1. The molecule has 0 heterocycles. The van der Waals surface area contributed by atoms with Crippen LogP contribution in [0.5, 0.6) is 0 Å². The number of carbonyl (C=O) groups is 1. The van der Waals surface area contributed by atoms with Gasteiger partial charge < -0.3 is 16.2 Å². The summed E-state index contributed by atoms with van der Waals surface area (Å²) in [6.45, 7) is 4.92. The predicted molar refractivity (Wildman–Crippen MR) is 61.1 cm³/mol. The maximum Gasteiger partial charge on any atom is 0.335 e. The van der Waals surface area contributed by atoms with Gasteiger partial charge in [0.05, 0.1) is 16.9 Å². The molecule has 0 aliphatic heterocycles. The molecule has 0 fully saturated rings. The highest BCUT2D eigenvalue weighted by molar-refractivity contribution is 5.90. The van der Waals surface area contributed by atoms with Gasteiger partial charge >= 0.3 is 5.97 Å². The first-order valence-electron chi connectivity index (χ1n) is 4.87. The summed E-state index contributed by atoms with van der Waals surface area (Å²) in [6.07, 6.45) is 0. The number of carboxylic acids is 1. The highest BCUT2D eigenvalue weighted by atomic mass is 16.4. The molecule has 4 N–H and O–H groups in total. The van der Waals surface area contributed by atoms with Crippen LogP contribution in [0.15, 0.2) is 18.2 Å². The van der Waals surface area contributed by atoms with Crippen LogP contribution in [0.4, 0.5) is 11.4 Å². The third-order valence-corrected chi connectivity index (χ3v) is 2.00. The van der Waals surface area contributed by atoms with Gasteiger partial charge in [-0.25, -0.2) is 4.79 Å². The second-order valence-corrected chi connectivity index (χ2v) is 3.88. The van der Waals surface area contributed by atoms with Gasteiger partial charge in [0.2, 0.25) is 0 Å². The molecule has 1 rings (SSSR count). The van der Waals surface area contributed by atoms with E-state index in [0.29, 0.717) is 17.3 Å². The molecule has 0 aliphatic rings. The molecule has 0 aromatic heterocycles. The summed E-state index contributed by atoms with van der Waals surface area (Å²) in [4.78, 5) is 10.7. The lowest BCUT2D eigenvalue weighted by Crippen LogP contribution is -2.10. The van der Waals surface area contributed by atoms with Crippen molar-refractivity contribution in [3.8, 4) is 0 Å². The Labute approximate surface area is 89.1 Å². The number of hydrogen-bond donors (Lipinski definition) is 3. The molecule has 15 heavy (non-hydrogen) atoms. The van der Waals surface area contributed by atoms with Gasteiger partial charge in [-0.05, 0) is 24.1 Å². The van der Waals surface area contributed by atoms with Gasteiger partial charge in [0.1, 0.15) is 0 Å². The fourth-order valence-corrected chi connectivity index (χ4v) is 1.16. The summed E-state index contributed by atoms with van der Waals surface area (Å²) in [6, 6.07) is 4.66. The molecular weight excluding hydrogens is 192 g/mol. The fraction of sp³-hybridized carbons (Fsp3) is 0.364. The first-order chi connectivity index (χ1) is 7.00. The van der Waals surface area contributed by atoms with Crippen LogP contribution in [-0.4, -0.2) is 17.6 Å². The minimum atomic E-state index is -0.942. The zero-order chi connectivity index (χ0) is 11.4. The standard InChI is InChI=1S/C11H16N2O2/c1-7(2)6-13-10-5-8(11(14)15)3-4-9(10)12/h3-5,7,13H,6,12H2,1-2H3,(H,14,15). The number of aromatic carboxylic acids is 1. The average molecular weight is 208 g/mol. The van der Waals surface area contributed by atoms with Gasteiger partial charge in [0.15, 0.2) is 0 Å². The second-order valence-electron chi connectivity index (χ2n) is 3.88. The summed E-state index contributed by atoms with van der Waals surface area (Å²) >= 11 is 0. The van der Waals surface area contributed by atoms with Gasteiger partial charge in [0.25, 0.3) is 0 Å². The van der Waals surface area contributed by atoms with Gasteiger partial charge in [-0.3, -0.25) is 0 Å². The van der Waals surface area contributed by atoms with Crippen molar-refractivity contribution < 1.29 is 9.90 Å². The van der Waals surface area contributed by atoms with Crippen LogP contribution in [0.1, 0.15) is 24.2 Å². The summed E-state index contributed by atoms with van der Waals surface area (Å²) in [5, 5.41) is 11.9. The maximum absolute atomic E-state index is 10.7. The van der Waals surface area contributed by atoms with Crippen LogP contribution >= 0.6 is 0 Å². The molecule has 4 heteroatoms. The topological polar surface area (TPSA) is 75.3 Å². The summed E-state index contributed by atoms with van der Waals surface area (Å²) in [5.41, 5.74) is 7.22. The van der Waals surface area contributed by atoms with E-state index >= 15 is 0 Å². The lowest BCUT2D eigenvalue weighted by Gasteiger charge is -2.11. The Bertz CT molecular complexity index is 362. The predicted octanol–water partition coefficient (Wildman–Crippen LogP) is 2.03. The number of nitrogens with one attached hydrogen (secondary N) is 1. The molecule has 4 nitrogen and oxygen atoms in total. The number of benzene rings is 1. The monoisotopic (exact) mass is 208 g/mol. The highest BCUT2D eigenvalue weighted by Gasteiger charge is 2.06. The molecule has 0 saturated carbocycles. The minimum Gasteiger partial charge on any atom is -0.478 e. The van der Waals surface area contributed by atoms with E-state index < -0.39 is 5.97 Å². The van der Waals surface area contributed by atoms with E-state index in [9.17, 15) is 4.79 Å². The van der Waals surface area contributed by atoms with Crippen molar-refractivity contribution in [1.29, 1.82) is 0 Å². The van der Waals surface area contributed by atoms with Crippen molar-refractivity contribution >= 4 is 17.3 Å². The van der Waals surface area contributed by atoms with Gasteiger partial charge in [-0.2, -0.15) is 0 Å². The van der Waals surface area contributed by atoms with Gasteiger partial charge in [0, 0.05) is 6.54 Å². The molecular formula is C11H16N2O2. The lowest BCUT2D eigenvalue weighted by atomic mass is 10.1. The SMILES string of the molecule is CC(C)CNc1cc(C(=O)O)ccc1N. The number of anilines is 2. The summed E-state index contributed by atoms with van der Waals surface area (Å²) in [5.74, 6) is -0.458. The highest BCUT2D eigenvalue weighted by Crippen LogP contribution is 2.20. The average Bonchev–Trinajstić information content (AvgIpc) is 2.16. The van der Waals surface area contributed by atoms with E-state index in [1.165, 1.54) is 6.07 Å². The minimum absolute atomic E-state index is 0.246. The summed E-state index contributed by atoms with van der Waals surface area (Å²) in [7, 11) is 0. The number of rotatable bonds is 4. The number of nitrogens with two attached hydrogens (primary N) is 1. The Morgan fingerprint density at radius 1 is 1.53 bits per heavy atom. The zero-order valence-electron chi connectivity index (χ0n) is 8.95. The summed E-state index contributed by atoms with van der Waals surface area (Å²) < 4.78 is 0. The zero-order valence-corrected chi connectivity index (χ0v) is 8.95. The van der Waals surface area contributed by atoms with Crippen molar-refractivity contribution in [2.75, 3.05) is 17.6 Å². The van der Waals surface area contributed by atoms with E-state index in [4.69, 9.17) is 10.8 Å². The molecule has 82 valence electrons. The molecule has 0 saturated heterocycles. The van der Waals surface area contributed by atoms with Crippen LogP contribution < -0.4 is 11.1 Å². The molecule has 0 atom stereocenters. The first kappa shape index (κ1) is 11.4. The van der Waals surface area contributed by atoms with Gasteiger partial charge in [-0.1, -0.05) is 13.8 Å². The normalized spacial score (nSPS) is 10.3. The van der Waals surface area contributed by atoms with Crippen molar-refractivity contribution in [3.63, 3.8) is 0 Å². The molecule has 0 radical (unpaired) electrons. The number of hydrogen-bond acceptors (Lipinski definition) is 3. The fourth-order valence-electron chi connectivity index (χ4n) is 1.16. The van der Waals surface area contributed by atoms with Crippen LogP contribution in [-0.2, 0) is 0 Å². The van der Waals surface area contributed by atoms with Crippen LogP contribution in [0, 0.1) is 5.92 Å². The Balaban J connectivity index is 2.85. The smallest absolute Gasteiger partial charge is 0.335 e. The van der Waals surface area contributed by atoms with E-state index in [0.717, 1.165) is 6.54 Å². The van der Waals surface area contributed by atoms with E-state index in [1.54, 1.807) is 12.1 Å². The molecule has 0 spiro atoms. The first-order valence-corrected chi connectivity index (χ1v) is 4.87. The Morgan fingerprint density at radius 2 is 2.20 bits per heavy atom. The third kappa shape index (κ3) is 3.16. The largest absolute Gasteiger partial charge is 0.478 e. The van der Waals surface area contributed by atoms with Crippen LogP contribution in [0.2, 0.25) is 0 Å². The van der Waals surface area contributed by atoms with Crippen molar-refractivity contribution in [2.45, 2.75) is 13.8 Å². The molecule has 1 aromatic carbocycles. The quantitative estimate of drug-likeness (QED) is 0.662. The second kappa shape index (κ2) is 4.68. The molecule has 0 bridgehead atoms. The Kier molecular flexibility index (Phi) is 3.55. The lowest BCUT2D eigenvalue weighted by molar-refractivity contribution is 0.0697. The van der Waals surface area contributed by atoms with Crippen molar-refractivity contribution in [1.82, 2.24) is 0 Å². The van der Waals surface area contributed by atoms with E-state index in [1.807, 2.05) is 0 Å². The van der Waals surface area contributed by atoms with Gasteiger partial charge in [-0.15, -0.1) is 0 Å². The van der Waals surface area contributed by atoms with E-state index in [2.05, 4.69) is 19.2 Å². The molecule has 0 unspecified atom stereocenters. The Hall–Kier alpha value is -1.71. The number of nitrogen functional groups attached to an aromatic ring is 1. The van der Waals surface area contributed by atoms with Crippen LogP contribution in [0.3, 0.4) is 0 Å².